The second kappa shape index (κ2) is 12.2. The third kappa shape index (κ3) is 9.10. The first kappa shape index (κ1) is 17.5. The number of hydrogen-bond acceptors (Lipinski definition) is 1. The first-order valence-electron chi connectivity index (χ1n) is 8.11. The Kier molecular flexibility index (Phi) is 10.2. The van der Waals surface area contributed by atoms with E-state index in [0.29, 0.717) is 0 Å². The molecule has 0 N–H and O–H groups in total. The molecule has 21 heavy (non-hydrogen) atoms. The summed E-state index contributed by atoms with van der Waals surface area (Å²) >= 11 is 0. The second-order valence-corrected chi connectivity index (χ2v) is 5.26. The van der Waals surface area contributed by atoms with Gasteiger partial charge < -0.3 is 4.74 Å². The molecule has 0 amide bonds. The monoisotopic (exact) mass is 284 g/mol. The highest BCUT2D eigenvalue weighted by molar-refractivity contribution is 5.50. The topological polar surface area (TPSA) is 9.23 Å². The molecule has 0 aliphatic heterocycles. The van der Waals surface area contributed by atoms with E-state index in [4.69, 9.17) is 4.74 Å². The molecular weight excluding hydrogens is 256 g/mol. The van der Waals surface area contributed by atoms with Crippen molar-refractivity contribution >= 4 is 6.08 Å². The Bertz CT molecular complexity index is 436. The minimum atomic E-state index is -0.106. The van der Waals surface area contributed by atoms with Crippen molar-refractivity contribution in [3.05, 3.63) is 42.0 Å². The molecular formula is C20H28O. The highest BCUT2D eigenvalue weighted by atomic mass is 16.5. The van der Waals surface area contributed by atoms with E-state index in [9.17, 15) is 0 Å². The first-order valence-corrected chi connectivity index (χ1v) is 8.11. The van der Waals surface area contributed by atoms with Gasteiger partial charge in [-0.25, -0.2) is 0 Å². The zero-order chi connectivity index (χ0) is 15.2. The number of ether oxygens (including phenoxy) is 1. The van der Waals surface area contributed by atoms with Crippen LogP contribution in [0.15, 0.2) is 36.4 Å². The number of unbranched alkanes of at least 4 members (excludes halogenated alkanes) is 6. The van der Waals surface area contributed by atoms with Crippen molar-refractivity contribution in [3.8, 4) is 11.8 Å². The van der Waals surface area contributed by atoms with Crippen LogP contribution in [0.5, 0.6) is 0 Å². The maximum absolute atomic E-state index is 5.37. The molecule has 0 heterocycles. The van der Waals surface area contributed by atoms with Gasteiger partial charge in [-0.05, 0) is 18.1 Å². The van der Waals surface area contributed by atoms with E-state index < -0.39 is 0 Å². The molecule has 0 aliphatic carbocycles. The Balaban J connectivity index is 2.25. The largest absolute Gasteiger partial charge is 0.365 e. The van der Waals surface area contributed by atoms with Crippen molar-refractivity contribution in [1.82, 2.24) is 0 Å². The third-order valence-electron chi connectivity index (χ3n) is 3.42. The highest BCUT2D eigenvalue weighted by Gasteiger charge is 1.95. The average molecular weight is 284 g/mol. The van der Waals surface area contributed by atoms with Crippen LogP contribution in [0.3, 0.4) is 0 Å². The van der Waals surface area contributed by atoms with E-state index >= 15 is 0 Å². The number of benzene rings is 1. The van der Waals surface area contributed by atoms with Crippen LogP contribution in [0.1, 0.15) is 57.4 Å². The van der Waals surface area contributed by atoms with Crippen molar-refractivity contribution in [2.45, 2.75) is 58.0 Å². The van der Waals surface area contributed by atoms with E-state index in [1.165, 1.54) is 44.1 Å². The van der Waals surface area contributed by atoms with E-state index in [2.05, 4.69) is 37.0 Å². The van der Waals surface area contributed by atoms with Crippen LogP contribution < -0.4 is 0 Å². The molecule has 0 saturated heterocycles. The number of methoxy groups -OCH3 is 1. The fourth-order valence-electron chi connectivity index (χ4n) is 2.11. The van der Waals surface area contributed by atoms with Gasteiger partial charge in [0.15, 0.2) is 0 Å². The smallest absolute Gasteiger partial charge is 0.136 e. The maximum Gasteiger partial charge on any atom is 0.136 e. The van der Waals surface area contributed by atoms with Crippen molar-refractivity contribution in [2.75, 3.05) is 7.11 Å². The lowest BCUT2D eigenvalue weighted by molar-refractivity contribution is 0.185. The SMILES string of the molecule is CCCCCCCCC#CC(/C=C/c1ccccc1)OC. The number of hydrogen-bond donors (Lipinski definition) is 0. The lowest BCUT2D eigenvalue weighted by Crippen LogP contribution is -2.02. The molecule has 1 aromatic carbocycles. The zero-order valence-electron chi connectivity index (χ0n) is 13.5. The van der Waals surface area contributed by atoms with Crippen molar-refractivity contribution in [1.29, 1.82) is 0 Å². The molecule has 0 saturated carbocycles. The summed E-state index contributed by atoms with van der Waals surface area (Å²) in [4.78, 5) is 0. The summed E-state index contributed by atoms with van der Waals surface area (Å²) < 4.78 is 5.37. The van der Waals surface area contributed by atoms with Crippen molar-refractivity contribution in [2.24, 2.45) is 0 Å². The summed E-state index contributed by atoms with van der Waals surface area (Å²) in [5.41, 5.74) is 1.18. The minimum Gasteiger partial charge on any atom is -0.365 e. The fraction of sp³-hybridized carbons (Fsp3) is 0.500. The van der Waals surface area contributed by atoms with Crippen LogP contribution in [0, 0.1) is 11.8 Å². The third-order valence-corrected chi connectivity index (χ3v) is 3.42. The van der Waals surface area contributed by atoms with Crippen LogP contribution in [0.25, 0.3) is 6.08 Å². The summed E-state index contributed by atoms with van der Waals surface area (Å²) in [6, 6.07) is 10.2. The second-order valence-electron chi connectivity index (χ2n) is 5.26. The fourth-order valence-corrected chi connectivity index (χ4v) is 2.11. The van der Waals surface area contributed by atoms with Gasteiger partial charge >= 0.3 is 0 Å². The van der Waals surface area contributed by atoms with Gasteiger partial charge in [0, 0.05) is 13.5 Å². The van der Waals surface area contributed by atoms with Crippen LogP contribution in [0.2, 0.25) is 0 Å². The van der Waals surface area contributed by atoms with Crippen LogP contribution >= 0.6 is 0 Å². The molecule has 1 aromatic rings. The Morgan fingerprint density at radius 1 is 1.05 bits per heavy atom. The van der Waals surface area contributed by atoms with Gasteiger partial charge in [0.25, 0.3) is 0 Å². The quantitative estimate of drug-likeness (QED) is 0.431. The van der Waals surface area contributed by atoms with Gasteiger partial charge in [0.05, 0.1) is 0 Å². The van der Waals surface area contributed by atoms with Gasteiger partial charge in [0.1, 0.15) is 6.10 Å². The van der Waals surface area contributed by atoms with E-state index in [1.54, 1.807) is 7.11 Å². The van der Waals surface area contributed by atoms with Crippen LogP contribution in [0.4, 0.5) is 0 Å². The summed E-state index contributed by atoms with van der Waals surface area (Å²) in [5.74, 6) is 6.42. The molecule has 1 nitrogen and oxygen atoms in total. The van der Waals surface area contributed by atoms with Crippen LogP contribution in [-0.4, -0.2) is 13.2 Å². The van der Waals surface area contributed by atoms with Crippen molar-refractivity contribution < 1.29 is 4.74 Å². The molecule has 0 fully saturated rings. The molecule has 0 spiro atoms. The molecule has 0 aromatic heterocycles. The van der Waals surface area contributed by atoms with Gasteiger partial charge in [-0.2, -0.15) is 0 Å². The average Bonchev–Trinajstić information content (AvgIpc) is 2.54. The Labute approximate surface area is 130 Å². The summed E-state index contributed by atoms with van der Waals surface area (Å²) in [5, 5.41) is 0. The Hall–Kier alpha value is -1.52. The molecule has 0 bridgehead atoms. The Morgan fingerprint density at radius 3 is 2.48 bits per heavy atom. The standard InChI is InChI=1S/C20H28O/c1-3-4-5-6-7-8-9-13-16-20(21-2)18-17-19-14-11-10-12-15-19/h10-12,14-15,17-18,20H,3-9H2,1-2H3/b18-17+. The highest BCUT2D eigenvalue weighted by Crippen LogP contribution is 2.07. The predicted molar refractivity (Wildman–Crippen MR) is 92.0 cm³/mol. The molecule has 1 rings (SSSR count). The Morgan fingerprint density at radius 2 is 1.76 bits per heavy atom. The molecule has 0 aliphatic rings. The van der Waals surface area contributed by atoms with Crippen molar-refractivity contribution in [3.63, 3.8) is 0 Å². The van der Waals surface area contributed by atoms with Gasteiger partial charge in [-0.3, -0.25) is 0 Å². The van der Waals surface area contributed by atoms with E-state index in [1.807, 2.05) is 24.3 Å². The normalized spacial score (nSPS) is 12.1. The molecule has 0 radical (unpaired) electrons. The maximum atomic E-state index is 5.37. The first-order chi connectivity index (χ1) is 10.4. The van der Waals surface area contributed by atoms with Crippen LogP contribution in [-0.2, 0) is 4.74 Å². The molecule has 1 atom stereocenters. The van der Waals surface area contributed by atoms with E-state index in [0.717, 1.165) is 6.42 Å². The molecule has 114 valence electrons. The summed E-state index contributed by atoms with van der Waals surface area (Å²) in [7, 11) is 1.71. The lowest BCUT2D eigenvalue weighted by Gasteiger charge is -2.02. The lowest BCUT2D eigenvalue weighted by atomic mass is 10.1. The number of rotatable bonds is 9. The van der Waals surface area contributed by atoms with Gasteiger partial charge in [0.2, 0.25) is 0 Å². The summed E-state index contributed by atoms with van der Waals surface area (Å²) in [6.07, 6.45) is 12.8. The van der Waals surface area contributed by atoms with Gasteiger partial charge in [-0.15, -0.1) is 5.92 Å². The van der Waals surface area contributed by atoms with Gasteiger partial charge in [-0.1, -0.05) is 81.4 Å². The predicted octanol–water partition coefficient (Wildman–Crippen LogP) is 5.47. The molecule has 1 heteroatoms. The van der Waals surface area contributed by atoms with E-state index in [-0.39, 0.29) is 6.10 Å². The minimum absolute atomic E-state index is 0.106. The molecule has 1 unspecified atom stereocenters. The zero-order valence-corrected chi connectivity index (χ0v) is 13.5. The summed E-state index contributed by atoms with van der Waals surface area (Å²) in [6.45, 7) is 2.25.